The van der Waals surface area contributed by atoms with E-state index in [1.165, 1.54) is 11.3 Å². The first-order chi connectivity index (χ1) is 8.51. The minimum atomic E-state index is 0.0397. The third kappa shape index (κ3) is 5.23. The lowest BCUT2D eigenvalue weighted by Gasteiger charge is -2.26. The number of allylic oxidation sites excluding steroid dienone is 2. The van der Waals surface area contributed by atoms with Gasteiger partial charge in [0.2, 0.25) is 0 Å². The highest BCUT2D eigenvalue weighted by atomic mass is 16.5. The van der Waals surface area contributed by atoms with Gasteiger partial charge in [-0.25, -0.2) is 0 Å². The Balaban J connectivity index is 4.78. The second-order valence-electron chi connectivity index (χ2n) is 4.75. The minimum Gasteiger partial charge on any atom is -0.391 e. The van der Waals surface area contributed by atoms with Crippen LogP contribution in [0.2, 0.25) is 0 Å². The normalized spacial score (nSPS) is 18.4. The van der Waals surface area contributed by atoms with Gasteiger partial charge in [0.15, 0.2) is 0 Å². The van der Waals surface area contributed by atoms with Crippen molar-refractivity contribution in [3.63, 3.8) is 0 Å². The maximum absolute atomic E-state index is 6.38. The molecule has 0 aromatic carbocycles. The molecule has 0 heterocycles. The first-order valence-electron chi connectivity index (χ1n) is 6.82. The van der Waals surface area contributed by atoms with Gasteiger partial charge < -0.3 is 15.8 Å². The van der Waals surface area contributed by atoms with E-state index in [4.69, 9.17) is 10.5 Å². The maximum atomic E-state index is 6.38. The molecular weight excluding hydrogens is 224 g/mol. The van der Waals surface area contributed by atoms with Crippen LogP contribution in [-0.2, 0) is 4.74 Å². The van der Waals surface area contributed by atoms with E-state index in [2.05, 4.69) is 38.2 Å². The average Bonchev–Trinajstić information content (AvgIpc) is 2.40. The Labute approximate surface area is 112 Å². The van der Waals surface area contributed by atoms with Crippen LogP contribution in [0.5, 0.6) is 0 Å². The smallest absolute Gasteiger partial charge is 0.0580 e. The second-order valence-corrected chi connectivity index (χ2v) is 4.75. The molecule has 0 aliphatic rings. The van der Waals surface area contributed by atoms with Gasteiger partial charge in [-0.2, -0.15) is 0 Å². The molecule has 0 aliphatic carbocycles. The fourth-order valence-corrected chi connectivity index (χ4v) is 2.11. The molecule has 0 saturated carbocycles. The topological polar surface area (TPSA) is 47.3 Å². The number of hydrogen-bond donors (Lipinski definition) is 2. The minimum absolute atomic E-state index is 0.0397. The monoisotopic (exact) mass is 254 g/mol. The largest absolute Gasteiger partial charge is 0.391 e. The highest BCUT2D eigenvalue weighted by Crippen LogP contribution is 2.21. The fourth-order valence-electron chi connectivity index (χ4n) is 2.11. The van der Waals surface area contributed by atoms with Crippen LogP contribution in [0, 0.1) is 5.92 Å². The molecule has 0 rings (SSSR count). The Morgan fingerprint density at radius 3 is 2.39 bits per heavy atom. The first kappa shape index (κ1) is 17.2. The number of ether oxygens (including phenoxy) is 1. The molecule has 18 heavy (non-hydrogen) atoms. The van der Waals surface area contributed by atoms with Crippen molar-refractivity contribution in [2.24, 2.45) is 11.7 Å². The van der Waals surface area contributed by atoms with Crippen LogP contribution < -0.4 is 11.1 Å². The van der Waals surface area contributed by atoms with Crippen molar-refractivity contribution in [2.75, 3.05) is 14.2 Å². The first-order valence-corrected chi connectivity index (χ1v) is 6.82. The standard InChI is InChI=1S/C15H30N2O/c1-7-9-14(17-5)12(4)15(16)13(8-2)10-11(3)18-6/h8-9,11-12,15,17H,7,10,16H2,1-6H3/b13-8+,14-9?. The molecule has 3 nitrogen and oxygen atoms in total. The lowest BCUT2D eigenvalue weighted by molar-refractivity contribution is 0.117. The maximum Gasteiger partial charge on any atom is 0.0580 e. The average molecular weight is 254 g/mol. The molecule has 0 amide bonds. The molecule has 3 N–H and O–H groups in total. The van der Waals surface area contributed by atoms with Gasteiger partial charge in [0.1, 0.15) is 0 Å². The van der Waals surface area contributed by atoms with Gasteiger partial charge >= 0.3 is 0 Å². The lowest BCUT2D eigenvalue weighted by Crippen LogP contribution is -2.35. The molecule has 0 aromatic rings. The van der Waals surface area contributed by atoms with Gasteiger partial charge in [0.05, 0.1) is 6.10 Å². The third-order valence-electron chi connectivity index (χ3n) is 3.47. The summed E-state index contributed by atoms with van der Waals surface area (Å²) in [4.78, 5) is 0. The molecular formula is C15H30N2O. The van der Waals surface area contributed by atoms with Crippen molar-refractivity contribution in [1.82, 2.24) is 5.32 Å². The Morgan fingerprint density at radius 1 is 1.39 bits per heavy atom. The summed E-state index contributed by atoms with van der Waals surface area (Å²) in [5.41, 5.74) is 8.85. The van der Waals surface area contributed by atoms with Gasteiger partial charge in [0.25, 0.3) is 0 Å². The van der Waals surface area contributed by atoms with Gasteiger partial charge in [-0.05, 0) is 26.7 Å². The zero-order valence-corrected chi connectivity index (χ0v) is 12.8. The summed E-state index contributed by atoms with van der Waals surface area (Å²) in [6.45, 7) is 8.43. The molecule has 0 radical (unpaired) electrons. The summed E-state index contributed by atoms with van der Waals surface area (Å²) in [5, 5.41) is 3.25. The highest BCUT2D eigenvalue weighted by molar-refractivity contribution is 5.18. The van der Waals surface area contributed by atoms with Gasteiger partial charge in [-0.3, -0.25) is 0 Å². The van der Waals surface area contributed by atoms with Crippen LogP contribution in [0.3, 0.4) is 0 Å². The van der Waals surface area contributed by atoms with Crippen molar-refractivity contribution >= 4 is 0 Å². The van der Waals surface area contributed by atoms with Gasteiger partial charge in [-0.1, -0.05) is 31.6 Å². The molecule has 0 fully saturated rings. The predicted molar refractivity (Wildman–Crippen MR) is 79.4 cm³/mol. The summed E-state index contributed by atoms with van der Waals surface area (Å²) in [5.74, 6) is 0.296. The number of hydrogen-bond acceptors (Lipinski definition) is 3. The summed E-state index contributed by atoms with van der Waals surface area (Å²) < 4.78 is 5.32. The molecule has 0 aliphatic heterocycles. The molecule has 0 spiro atoms. The molecule has 3 unspecified atom stereocenters. The summed E-state index contributed by atoms with van der Waals surface area (Å²) >= 11 is 0. The van der Waals surface area contributed by atoms with Gasteiger partial charge in [0, 0.05) is 31.8 Å². The number of rotatable bonds is 8. The van der Waals surface area contributed by atoms with Crippen molar-refractivity contribution < 1.29 is 4.74 Å². The van der Waals surface area contributed by atoms with E-state index in [-0.39, 0.29) is 12.1 Å². The highest BCUT2D eigenvalue weighted by Gasteiger charge is 2.20. The van der Waals surface area contributed by atoms with Crippen molar-refractivity contribution in [1.29, 1.82) is 0 Å². The summed E-state index contributed by atoms with van der Waals surface area (Å²) in [7, 11) is 3.70. The molecule has 106 valence electrons. The Hall–Kier alpha value is -0.800. The lowest BCUT2D eigenvalue weighted by atomic mass is 9.89. The number of nitrogens with two attached hydrogens (primary N) is 1. The summed E-state index contributed by atoms with van der Waals surface area (Å²) in [6.07, 6.45) is 6.45. The van der Waals surface area contributed by atoms with E-state index in [1.807, 2.05) is 14.0 Å². The van der Waals surface area contributed by atoms with Crippen molar-refractivity contribution in [3.05, 3.63) is 23.4 Å². The fraction of sp³-hybridized carbons (Fsp3) is 0.733. The third-order valence-corrected chi connectivity index (χ3v) is 3.47. The van der Waals surface area contributed by atoms with E-state index in [9.17, 15) is 0 Å². The number of nitrogens with one attached hydrogen (secondary N) is 1. The van der Waals surface area contributed by atoms with E-state index < -0.39 is 0 Å². The Bertz CT molecular complexity index is 284. The van der Waals surface area contributed by atoms with E-state index >= 15 is 0 Å². The van der Waals surface area contributed by atoms with E-state index in [0.29, 0.717) is 5.92 Å². The van der Waals surface area contributed by atoms with Gasteiger partial charge in [-0.15, -0.1) is 0 Å². The van der Waals surface area contributed by atoms with Crippen LogP contribution in [0.1, 0.15) is 40.5 Å². The molecule has 0 bridgehead atoms. The Kier molecular flexibility index (Phi) is 8.77. The molecule has 3 atom stereocenters. The van der Waals surface area contributed by atoms with Crippen LogP contribution in [-0.4, -0.2) is 26.3 Å². The van der Waals surface area contributed by atoms with Crippen molar-refractivity contribution in [2.45, 2.75) is 52.7 Å². The van der Waals surface area contributed by atoms with Crippen LogP contribution in [0.4, 0.5) is 0 Å². The Morgan fingerprint density at radius 2 is 2.00 bits per heavy atom. The van der Waals surface area contributed by atoms with E-state index in [0.717, 1.165) is 12.8 Å². The SMILES string of the molecule is C/C=C(\CC(C)OC)C(N)C(C)C(=CCC)NC. The molecule has 0 saturated heterocycles. The van der Waals surface area contributed by atoms with Crippen LogP contribution in [0.25, 0.3) is 0 Å². The summed E-state index contributed by atoms with van der Waals surface area (Å²) in [6, 6.07) is 0.0397. The molecule has 3 heteroatoms. The zero-order valence-electron chi connectivity index (χ0n) is 12.8. The predicted octanol–water partition coefficient (Wildman–Crippen LogP) is 2.83. The van der Waals surface area contributed by atoms with Crippen LogP contribution >= 0.6 is 0 Å². The van der Waals surface area contributed by atoms with Crippen molar-refractivity contribution in [3.8, 4) is 0 Å². The van der Waals surface area contributed by atoms with Crippen LogP contribution in [0.15, 0.2) is 23.4 Å². The molecule has 0 aromatic heterocycles. The quantitative estimate of drug-likeness (QED) is 0.655. The number of methoxy groups -OCH3 is 1. The van der Waals surface area contributed by atoms with E-state index in [1.54, 1.807) is 7.11 Å². The zero-order chi connectivity index (χ0) is 14.1. The second kappa shape index (κ2) is 9.17.